The van der Waals surface area contributed by atoms with Crippen molar-refractivity contribution in [2.75, 3.05) is 6.54 Å². The van der Waals surface area contributed by atoms with Gasteiger partial charge in [-0.1, -0.05) is 20.8 Å². The van der Waals surface area contributed by atoms with Crippen molar-refractivity contribution in [1.29, 1.82) is 0 Å². The molecule has 1 fully saturated rings. The van der Waals surface area contributed by atoms with Crippen LogP contribution >= 0.6 is 0 Å². The summed E-state index contributed by atoms with van der Waals surface area (Å²) in [7, 11) is 0. The van der Waals surface area contributed by atoms with Crippen molar-refractivity contribution < 1.29 is 14.7 Å². The predicted molar refractivity (Wildman–Crippen MR) is 71.2 cm³/mol. The normalized spacial score (nSPS) is 21.8. The van der Waals surface area contributed by atoms with Crippen LogP contribution in [0.3, 0.4) is 0 Å². The van der Waals surface area contributed by atoms with E-state index in [1.54, 1.807) is 0 Å². The van der Waals surface area contributed by atoms with Crippen molar-refractivity contribution >= 4 is 11.9 Å². The summed E-state index contributed by atoms with van der Waals surface area (Å²) < 4.78 is 0. The van der Waals surface area contributed by atoms with E-state index in [0.717, 1.165) is 12.8 Å². The molecule has 1 saturated heterocycles. The molecule has 0 saturated carbocycles. The largest absolute Gasteiger partial charge is 0.480 e. The number of piperidine rings is 1. The molecule has 0 aromatic carbocycles. The molecular weight excluding hydrogens is 260 g/mol. The molecule has 7 nitrogen and oxygen atoms in total. The maximum Gasteiger partial charge on any atom is 0.326 e. The molecule has 2 heterocycles. The van der Waals surface area contributed by atoms with Gasteiger partial charge in [-0.2, -0.15) is 0 Å². The van der Waals surface area contributed by atoms with Gasteiger partial charge < -0.3 is 10.0 Å². The zero-order valence-electron chi connectivity index (χ0n) is 12.0. The van der Waals surface area contributed by atoms with E-state index in [1.807, 2.05) is 20.8 Å². The maximum atomic E-state index is 12.4. The highest BCUT2D eigenvalue weighted by Crippen LogP contribution is 2.35. The van der Waals surface area contributed by atoms with Gasteiger partial charge in [0.25, 0.3) is 5.91 Å². The van der Waals surface area contributed by atoms with Crippen LogP contribution in [0.1, 0.15) is 50.1 Å². The van der Waals surface area contributed by atoms with Crippen LogP contribution in [0, 0.1) is 5.41 Å². The summed E-state index contributed by atoms with van der Waals surface area (Å²) in [4.78, 5) is 29.5. The van der Waals surface area contributed by atoms with Gasteiger partial charge >= 0.3 is 5.97 Å². The fraction of sp³-hybridized carbons (Fsp3) is 0.692. The predicted octanol–water partition coefficient (Wildman–Crippen LogP) is 1.08. The fourth-order valence-electron chi connectivity index (χ4n) is 2.76. The Morgan fingerprint density at radius 2 is 2.20 bits per heavy atom. The van der Waals surface area contributed by atoms with Gasteiger partial charge in [0.15, 0.2) is 0 Å². The minimum atomic E-state index is -0.977. The molecule has 0 bridgehead atoms. The second-order valence-corrected chi connectivity index (χ2v) is 5.79. The summed E-state index contributed by atoms with van der Waals surface area (Å²) in [6.45, 7) is 6.08. The van der Waals surface area contributed by atoms with Crippen LogP contribution in [-0.2, 0) is 11.2 Å². The number of carbonyl (C=O) groups excluding carboxylic acids is 1. The third-order valence-corrected chi connectivity index (χ3v) is 3.82. The Balaban J connectivity index is 2.29. The summed E-state index contributed by atoms with van der Waals surface area (Å²) in [6, 6.07) is -0.840. The Hall–Kier alpha value is -1.92. The number of aryl methyl sites for hydroxylation is 1. The van der Waals surface area contributed by atoms with Gasteiger partial charge in [-0.05, 0) is 18.3 Å². The van der Waals surface area contributed by atoms with Crippen molar-refractivity contribution in [2.24, 2.45) is 5.41 Å². The van der Waals surface area contributed by atoms with Crippen molar-refractivity contribution in [3.8, 4) is 0 Å². The Bertz CT molecular complexity index is 523. The van der Waals surface area contributed by atoms with Crippen molar-refractivity contribution in [1.82, 2.24) is 20.1 Å². The summed E-state index contributed by atoms with van der Waals surface area (Å²) >= 11 is 0. The van der Waals surface area contributed by atoms with Crippen molar-refractivity contribution in [3.05, 3.63) is 11.6 Å². The number of nitrogens with one attached hydrogen (secondary N) is 1. The minimum Gasteiger partial charge on any atom is -0.480 e. The Morgan fingerprint density at radius 1 is 1.50 bits per heavy atom. The molecule has 20 heavy (non-hydrogen) atoms. The third-order valence-electron chi connectivity index (χ3n) is 3.82. The number of carboxylic acids is 1. The molecule has 110 valence electrons. The molecular formula is C13H20N4O3. The second-order valence-electron chi connectivity index (χ2n) is 5.79. The average molecular weight is 280 g/mol. The van der Waals surface area contributed by atoms with Crippen molar-refractivity contribution in [3.63, 3.8) is 0 Å². The van der Waals surface area contributed by atoms with Gasteiger partial charge in [0, 0.05) is 13.0 Å². The molecule has 1 aliphatic rings. The smallest absolute Gasteiger partial charge is 0.326 e. The summed E-state index contributed by atoms with van der Waals surface area (Å²) in [5, 5.41) is 16.0. The van der Waals surface area contributed by atoms with E-state index < -0.39 is 23.3 Å². The lowest BCUT2D eigenvalue weighted by Gasteiger charge is -2.43. The molecule has 1 amide bonds. The molecule has 7 heteroatoms. The number of carbonyl (C=O) groups is 2. The van der Waals surface area contributed by atoms with Crippen molar-refractivity contribution in [2.45, 2.75) is 46.1 Å². The highest BCUT2D eigenvalue weighted by molar-refractivity contribution is 5.93. The summed E-state index contributed by atoms with van der Waals surface area (Å²) in [6.07, 6.45) is 2.21. The second kappa shape index (κ2) is 5.22. The molecule has 0 radical (unpaired) electrons. The number of carboxylic acid groups (broad SMARTS) is 1. The van der Waals surface area contributed by atoms with E-state index >= 15 is 0 Å². The van der Waals surface area contributed by atoms with E-state index in [0.29, 0.717) is 18.8 Å². The first kappa shape index (κ1) is 14.5. The highest BCUT2D eigenvalue weighted by Gasteiger charge is 2.45. The Morgan fingerprint density at radius 3 is 2.75 bits per heavy atom. The third kappa shape index (κ3) is 2.52. The minimum absolute atomic E-state index is 0.0470. The monoisotopic (exact) mass is 280 g/mol. The SMILES string of the molecule is CCc1nc(C(=O)N2CCCC(C)(C)C2C(=O)O)n[nH]1. The number of aromatic amines is 1. The van der Waals surface area contributed by atoms with Crippen LogP contribution in [0.2, 0.25) is 0 Å². The lowest BCUT2D eigenvalue weighted by atomic mass is 9.76. The van der Waals surface area contributed by atoms with Gasteiger partial charge in [0.1, 0.15) is 11.9 Å². The summed E-state index contributed by atoms with van der Waals surface area (Å²) in [5.74, 6) is -0.724. The van der Waals surface area contributed by atoms with Gasteiger partial charge in [-0.3, -0.25) is 9.89 Å². The number of rotatable bonds is 3. The topological polar surface area (TPSA) is 99.2 Å². The highest BCUT2D eigenvalue weighted by atomic mass is 16.4. The van der Waals surface area contributed by atoms with Crippen LogP contribution < -0.4 is 0 Å². The first-order valence-electron chi connectivity index (χ1n) is 6.82. The molecule has 0 aliphatic carbocycles. The van der Waals surface area contributed by atoms with Crippen LogP contribution in [0.5, 0.6) is 0 Å². The maximum absolute atomic E-state index is 12.4. The lowest BCUT2D eigenvalue weighted by Crippen LogP contribution is -2.56. The number of hydrogen-bond donors (Lipinski definition) is 2. The number of likely N-dealkylation sites (tertiary alicyclic amines) is 1. The zero-order valence-corrected chi connectivity index (χ0v) is 12.0. The first-order valence-corrected chi connectivity index (χ1v) is 6.82. The lowest BCUT2D eigenvalue weighted by molar-refractivity contribution is -0.148. The number of aromatic nitrogens is 3. The zero-order chi connectivity index (χ0) is 14.9. The molecule has 1 atom stereocenters. The number of aliphatic carboxylic acids is 1. The van der Waals surface area contributed by atoms with Gasteiger partial charge in [0.2, 0.25) is 5.82 Å². The number of nitrogens with zero attached hydrogens (tertiary/aromatic N) is 3. The molecule has 1 aliphatic heterocycles. The van der Waals surface area contributed by atoms with Gasteiger partial charge in [-0.25, -0.2) is 9.78 Å². The van der Waals surface area contributed by atoms with Crippen LogP contribution in [-0.4, -0.2) is 49.7 Å². The van der Waals surface area contributed by atoms with E-state index in [1.165, 1.54) is 4.90 Å². The molecule has 2 N–H and O–H groups in total. The summed E-state index contributed by atoms with van der Waals surface area (Å²) in [5.41, 5.74) is -0.455. The first-order chi connectivity index (χ1) is 9.36. The number of amides is 1. The van der Waals surface area contributed by atoms with Crippen LogP contribution in [0.4, 0.5) is 0 Å². The van der Waals surface area contributed by atoms with Gasteiger partial charge in [-0.15, -0.1) is 5.10 Å². The fourth-order valence-corrected chi connectivity index (χ4v) is 2.76. The standard InChI is InChI=1S/C13H20N4O3/c1-4-8-14-10(16-15-8)11(18)17-7-5-6-13(2,3)9(17)12(19)20/h9H,4-7H2,1-3H3,(H,19,20)(H,14,15,16). The Labute approximate surface area is 117 Å². The van der Waals surface area contributed by atoms with Crippen LogP contribution in [0.15, 0.2) is 0 Å². The van der Waals surface area contributed by atoms with Crippen LogP contribution in [0.25, 0.3) is 0 Å². The molecule has 1 unspecified atom stereocenters. The van der Waals surface area contributed by atoms with Gasteiger partial charge in [0.05, 0.1) is 0 Å². The molecule has 0 spiro atoms. The van der Waals surface area contributed by atoms with E-state index in [-0.39, 0.29) is 5.82 Å². The number of H-pyrrole nitrogens is 1. The molecule has 1 aromatic rings. The number of hydrogen-bond acceptors (Lipinski definition) is 4. The average Bonchev–Trinajstić information content (AvgIpc) is 2.84. The van der Waals surface area contributed by atoms with E-state index in [2.05, 4.69) is 15.2 Å². The van der Waals surface area contributed by atoms with E-state index in [9.17, 15) is 14.7 Å². The molecule has 1 aromatic heterocycles. The van der Waals surface area contributed by atoms with E-state index in [4.69, 9.17) is 0 Å². The quantitative estimate of drug-likeness (QED) is 0.863. The Kier molecular flexibility index (Phi) is 3.78. The molecule has 2 rings (SSSR count).